The van der Waals surface area contributed by atoms with E-state index in [1.54, 1.807) is 11.0 Å². The van der Waals surface area contributed by atoms with Crippen molar-refractivity contribution in [3.8, 4) is 5.69 Å². The van der Waals surface area contributed by atoms with E-state index in [1.165, 1.54) is 6.33 Å². The van der Waals surface area contributed by atoms with Gasteiger partial charge in [-0.3, -0.25) is 4.79 Å². The fourth-order valence-corrected chi connectivity index (χ4v) is 2.90. The summed E-state index contributed by atoms with van der Waals surface area (Å²) >= 11 is 0. The number of carbonyl (C=O) groups excluding carboxylic acids is 1. The molecular weight excluding hydrogens is 292 g/mol. The molecule has 2 heterocycles. The Bertz CT molecular complexity index is 650. The molecule has 1 atom stereocenters. The van der Waals surface area contributed by atoms with Crippen molar-refractivity contribution in [1.82, 2.24) is 20.1 Å². The summed E-state index contributed by atoms with van der Waals surface area (Å²) in [6, 6.07) is 7.91. The Morgan fingerprint density at radius 2 is 2.17 bits per heavy atom. The molecule has 1 N–H and O–H groups in total. The highest BCUT2D eigenvalue weighted by atomic mass is 16.5. The number of hydrogen-bond donors (Lipinski definition) is 1. The minimum atomic E-state index is -0.209. The van der Waals surface area contributed by atoms with E-state index in [9.17, 15) is 4.79 Å². The van der Waals surface area contributed by atoms with Crippen molar-refractivity contribution in [2.24, 2.45) is 5.92 Å². The Morgan fingerprint density at radius 1 is 1.39 bits per heavy atom. The summed E-state index contributed by atoms with van der Waals surface area (Å²) in [5.74, 6) is 0.148. The van der Waals surface area contributed by atoms with Gasteiger partial charge < -0.3 is 10.1 Å². The van der Waals surface area contributed by atoms with Gasteiger partial charge in [-0.15, -0.1) is 0 Å². The molecule has 3 rings (SSSR count). The van der Waals surface area contributed by atoms with Crippen molar-refractivity contribution in [3.63, 3.8) is 0 Å². The first-order valence-electron chi connectivity index (χ1n) is 7.89. The van der Waals surface area contributed by atoms with Gasteiger partial charge in [-0.25, -0.2) is 9.67 Å². The molecule has 6 nitrogen and oxygen atoms in total. The third-order valence-electron chi connectivity index (χ3n) is 4.15. The van der Waals surface area contributed by atoms with Crippen molar-refractivity contribution in [2.45, 2.75) is 38.8 Å². The zero-order valence-corrected chi connectivity index (χ0v) is 13.5. The van der Waals surface area contributed by atoms with Crippen LogP contribution in [0.2, 0.25) is 0 Å². The van der Waals surface area contributed by atoms with Crippen LogP contribution in [-0.4, -0.2) is 32.9 Å². The number of aromatic nitrogens is 3. The van der Waals surface area contributed by atoms with Crippen molar-refractivity contribution >= 4 is 5.91 Å². The van der Waals surface area contributed by atoms with Crippen LogP contribution in [0.3, 0.4) is 0 Å². The number of benzene rings is 1. The normalized spacial score (nSPS) is 20.2. The van der Waals surface area contributed by atoms with Gasteiger partial charge in [-0.2, -0.15) is 5.10 Å². The summed E-state index contributed by atoms with van der Waals surface area (Å²) in [7, 11) is 0. The Hall–Kier alpha value is -2.21. The molecule has 1 aliphatic heterocycles. The van der Waals surface area contributed by atoms with Crippen LogP contribution in [0.5, 0.6) is 0 Å². The van der Waals surface area contributed by atoms with E-state index >= 15 is 0 Å². The van der Waals surface area contributed by atoms with Crippen molar-refractivity contribution in [1.29, 1.82) is 0 Å². The summed E-state index contributed by atoms with van der Waals surface area (Å²) in [6.07, 6.45) is 4.72. The number of rotatable bonds is 4. The molecule has 0 spiro atoms. The highest BCUT2D eigenvalue weighted by Gasteiger charge is 2.32. The van der Waals surface area contributed by atoms with Crippen LogP contribution in [0, 0.1) is 5.92 Å². The van der Waals surface area contributed by atoms with Crippen LogP contribution >= 0.6 is 0 Å². The Balaban J connectivity index is 1.55. The molecule has 0 radical (unpaired) electrons. The smallest absolute Gasteiger partial charge is 0.223 e. The van der Waals surface area contributed by atoms with Crippen molar-refractivity contribution < 1.29 is 9.53 Å². The molecule has 1 amide bonds. The largest absolute Gasteiger partial charge is 0.376 e. The molecule has 0 saturated carbocycles. The Kier molecular flexibility index (Phi) is 4.43. The van der Waals surface area contributed by atoms with Crippen LogP contribution in [0.15, 0.2) is 36.9 Å². The highest BCUT2D eigenvalue weighted by molar-refractivity contribution is 5.78. The van der Waals surface area contributed by atoms with Gasteiger partial charge in [0.05, 0.1) is 11.3 Å². The first-order valence-corrected chi connectivity index (χ1v) is 7.89. The van der Waals surface area contributed by atoms with Crippen molar-refractivity contribution in [3.05, 3.63) is 42.5 Å². The summed E-state index contributed by atoms with van der Waals surface area (Å²) in [6.45, 7) is 5.26. The topological polar surface area (TPSA) is 69.0 Å². The van der Waals surface area contributed by atoms with Crippen LogP contribution in [0.1, 0.15) is 32.3 Å². The fraction of sp³-hybridized carbons (Fsp3) is 0.471. The first kappa shape index (κ1) is 15.7. The van der Waals surface area contributed by atoms with Gasteiger partial charge in [0.15, 0.2) is 0 Å². The highest BCUT2D eigenvalue weighted by Crippen LogP contribution is 2.28. The summed E-state index contributed by atoms with van der Waals surface area (Å²) < 4.78 is 7.36. The predicted octanol–water partition coefficient (Wildman–Crippen LogP) is 2.09. The Labute approximate surface area is 135 Å². The van der Waals surface area contributed by atoms with E-state index in [-0.39, 0.29) is 17.4 Å². The average Bonchev–Trinajstić information content (AvgIpc) is 3.06. The Morgan fingerprint density at radius 3 is 2.83 bits per heavy atom. The van der Waals surface area contributed by atoms with Crippen LogP contribution in [-0.2, 0) is 16.1 Å². The minimum absolute atomic E-state index is 0.0353. The quantitative estimate of drug-likeness (QED) is 0.938. The number of hydrogen-bond acceptors (Lipinski definition) is 4. The molecule has 2 aromatic rings. The SMILES string of the molecule is CC1(C)C[C@@H](C(=O)NCc2ccc(-n3cncn3)cc2)CCO1. The summed E-state index contributed by atoms with van der Waals surface area (Å²) in [5.41, 5.74) is 1.80. The third-order valence-corrected chi connectivity index (χ3v) is 4.15. The predicted molar refractivity (Wildman–Crippen MR) is 86.0 cm³/mol. The molecule has 1 aromatic heterocycles. The minimum Gasteiger partial charge on any atom is -0.376 e. The van der Waals surface area contributed by atoms with Gasteiger partial charge in [0.1, 0.15) is 12.7 Å². The van der Waals surface area contributed by atoms with E-state index in [2.05, 4.69) is 15.4 Å². The lowest BCUT2D eigenvalue weighted by molar-refractivity contribution is -0.135. The number of ether oxygens (including phenoxy) is 1. The standard InChI is InChI=1S/C17H22N4O2/c1-17(2)9-14(7-8-23-17)16(22)19-10-13-3-5-15(6-4-13)21-12-18-11-20-21/h3-6,11-12,14H,7-10H2,1-2H3,(H,19,22)/t14-/m0/s1. The van der Waals surface area contributed by atoms with Gasteiger partial charge >= 0.3 is 0 Å². The first-order chi connectivity index (χ1) is 11.0. The molecule has 1 fully saturated rings. The fourth-order valence-electron chi connectivity index (χ4n) is 2.90. The molecule has 1 aliphatic rings. The molecular formula is C17H22N4O2. The monoisotopic (exact) mass is 314 g/mol. The lowest BCUT2D eigenvalue weighted by atomic mass is 9.88. The molecule has 0 unspecified atom stereocenters. The van der Waals surface area contributed by atoms with Crippen LogP contribution < -0.4 is 5.32 Å². The second kappa shape index (κ2) is 6.50. The second-order valence-electron chi connectivity index (χ2n) is 6.52. The van der Waals surface area contributed by atoms with Crippen LogP contribution in [0.25, 0.3) is 5.69 Å². The summed E-state index contributed by atoms with van der Waals surface area (Å²) in [5, 5.41) is 7.12. The zero-order chi connectivity index (χ0) is 16.3. The maximum absolute atomic E-state index is 12.3. The third kappa shape index (κ3) is 3.96. The molecule has 1 saturated heterocycles. The molecule has 6 heteroatoms. The van der Waals surface area contributed by atoms with E-state index in [1.807, 2.05) is 38.1 Å². The lowest BCUT2D eigenvalue weighted by Gasteiger charge is -2.34. The second-order valence-corrected chi connectivity index (χ2v) is 6.52. The summed E-state index contributed by atoms with van der Waals surface area (Å²) in [4.78, 5) is 16.3. The van der Waals surface area contributed by atoms with Gasteiger partial charge in [0.2, 0.25) is 5.91 Å². The van der Waals surface area contributed by atoms with E-state index in [4.69, 9.17) is 4.74 Å². The van der Waals surface area contributed by atoms with E-state index in [0.717, 1.165) is 24.1 Å². The van der Waals surface area contributed by atoms with Crippen LogP contribution in [0.4, 0.5) is 0 Å². The number of carbonyl (C=O) groups is 1. The van der Waals surface area contributed by atoms with E-state index < -0.39 is 0 Å². The van der Waals surface area contributed by atoms with Gasteiger partial charge in [-0.1, -0.05) is 12.1 Å². The number of nitrogens with one attached hydrogen (secondary N) is 1. The molecule has 0 aliphatic carbocycles. The molecule has 1 aromatic carbocycles. The van der Waals surface area contributed by atoms with Crippen molar-refractivity contribution in [2.75, 3.05) is 6.61 Å². The maximum atomic E-state index is 12.3. The van der Waals surface area contributed by atoms with Gasteiger partial charge in [0.25, 0.3) is 0 Å². The van der Waals surface area contributed by atoms with Gasteiger partial charge in [0, 0.05) is 19.1 Å². The molecule has 0 bridgehead atoms. The lowest BCUT2D eigenvalue weighted by Crippen LogP contribution is -2.41. The van der Waals surface area contributed by atoms with E-state index in [0.29, 0.717) is 13.2 Å². The van der Waals surface area contributed by atoms with Gasteiger partial charge in [-0.05, 0) is 44.4 Å². The number of amides is 1. The number of nitrogens with zero attached hydrogens (tertiary/aromatic N) is 3. The molecule has 122 valence electrons. The molecule has 23 heavy (non-hydrogen) atoms. The zero-order valence-electron chi connectivity index (χ0n) is 13.5. The maximum Gasteiger partial charge on any atom is 0.223 e. The average molecular weight is 314 g/mol.